The maximum absolute atomic E-state index is 13.6. The number of aromatic nitrogens is 3. The quantitative estimate of drug-likeness (QED) is 0.511. The molecule has 3 heterocycles. The van der Waals surface area contributed by atoms with E-state index in [0.717, 1.165) is 17.8 Å². The zero-order chi connectivity index (χ0) is 20.6. The predicted octanol–water partition coefficient (Wildman–Crippen LogP) is 4.97. The van der Waals surface area contributed by atoms with Crippen molar-refractivity contribution in [2.75, 3.05) is 0 Å². The molecular formula is C20H15F3N4OS. The van der Waals surface area contributed by atoms with Gasteiger partial charge >= 0.3 is 6.18 Å². The van der Waals surface area contributed by atoms with Crippen molar-refractivity contribution in [3.63, 3.8) is 0 Å². The zero-order valence-corrected chi connectivity index (χ0v) is 16.0. The molecule has 1 atom stereocenters. The van der Waals surface area contributed by atoms with E-state index in [-0.39, 0.29) is 22.9 Å². The van der Waals surface area contributed by atoms with Crippen LogP contribution in [0.1, 0.15) is 34.6 Å². The van der Waals surface area contributed by atoms with Crippen LogP contribution in [0.2, 0.25) is 0 Å². The standard InChI is InChI=1S/C20H15F3N4OS/c1-12(13-6-3-2-4-7-13)25-19(28)14-11-24-27-17(20(21,22)23)10-15(26-18(14)27)16-8-5-9-29-16/h2-12H,1H3,(H,25,28)/t12-/m1/s1. The molecule has 0 unspecified atom stereocenters. The number of nitrogens with one attached hydrogen (secondary N) is 1. The van der Waals surface area contributed by atoms with Crippen molar-refractivity contribution in [3.8, 4) is 10.6 Å². The highest BCUT2D eigenvalue weighted by Gasteiger charge is 2.36. The van der Waals surface area contributed by atoms with Gasteiger partial charge < -0.3 is 5.32 Å². The Balaban J connectivity index is 1.77. The minimum atomic E-state index is -4.65. The third kappa shape index (κ3) is 3.73. The lowest BCUT2D eigenvalue weighted by Gasteiger charge is -2.14. The first kappa shape index (κ1) is 19.1. The summed E-state index contributed by atoms with van der Waals surface area (Å²) in [5, 5.41) is 8.33. The Hall–Kier alpha value is -3.20. The normalized spacial score (nSPS) is 12.8. The summed E-state index contributed by atoms with van der Waals surface area (Å²) in [4.78, 5) is 17.7. The molecule has 0 aliphatic heterocycles. The van der Waals surface area contributed by atoms with E-state index < -0.39 is 17.8 Å². The highest BCUT2D eigenvalue weighted by Crippen LogP contribution is 2.33. The fourth-order valence-corrected chi connectivity index (χ4v) is 3.66. The van der Waals surface area contributed by atoms with Crippen LogP contribution in [0.5, 0.6) is 0 Å². The van der Waals surface area contributed by atoms with E-state index >= 15 is 0 Å². The van der Waals surface area contributed by atoms with Gasteiger partial charge in [0.1, 0.15) is 5.56 Å². The lowest BCUT2D eigenvalue weighted by molar-refractivity contribution is -0.142. The highest BCUT2D eigenvalue weighted by atomic mass is 32.1. The zero-order valence-electron chi connectivity index (χ0n) is 15.1. The summed E-state index contributed by atoms with van der Waals surface area (Å²) in [6.45, 7) is 1.80. The van der Waals surface area contributed by atoms with Crippen molar-refractivity contribution >= 4 is 22.9 Å². The number of benzene rings is 1. The maximum Gasteiger partial charge on any atom is 0.433 e. The lowest BCUT2D eigenvalue weighted by atomic mass is 10.1. The van der Waals surface area contributed by atoms with Gasteiger partial charge in [0.05, 0.1) is 22.8 Å². The van der Waals surface area contributed by atoms with E-state index in [1.54, 1.807) is 24.4 Å². The molecule has 0 aliphatic rings. The minimum absolute atomic E-state index is 0.0170. The Morgan fingerprint density at radius 2 is 1.93 bits per heavy atom. The number of carbonyl (C=O) groups is 1. The number of fused-ring (bicyclic) bond motifs is 1. The summed E-state index contributed by atoms with van der Waals surface area (Å²) in [7, 11) is 0. The topological polar surface area (TPSA) is 59.3 Å². The second-order valence-electron chi connectivity index (χ2n) is 6.40. The van der Waals surface area contributed by atoms with E-state index in [1.807, 2.05) is 30.3 Å². The Morgan fingerprint density at radius 3 is 2.59 bits per heavy atom. The average Bonchev–Trinajstić information content (AvgIpc) is 3.37. The Labute approximate surface area is 167 Å². The molecule has 1 amide bonds. The van der Waals surface area contributed by atoms with Crippen molar-refractivity contribution < 1.29 is 18.0 Å². The van der Waals surface area contributed by atoms with Crippen LogP contribution in [0.25, 0.3) is 16.2 Å². The van der Waals surface area contributed by atoms with Crippen LogP contribution in [0, 0.1) is 0 Å². The van der Waals surface area contributed by atoms with Crippen LogP contribution in [0.3, 0.4) is 0 Å². The third-order valence-corrected chi connectivity index (χ3v) is 5.32. The summed E-state index contributed by atoms with van der Waals surface area (Å²) in [6, 6.07) is 13.3. The van der Waals surface area contributed by atoms with Gasteiger partial charge in [-0.1, -0.05) is 36.4 Å². The number of hydrogen-bond acceptors (Lipinski definition) is 4. The molecule has 0 bridgehead atoms. The van der Waals surface area contributed by atoms with Gasteiger partial charge in [0.15, 0.2) is 11.3 Å². The first-order chi connectivity index (χ1) is 13.8. The van der Waals surface area contributed by atoms with Gasteiger partial charge in [-0.25, -0.2) is 9.50 Å². The number of amides is 1. The molecule has 9 heteroatoms. The summed E-state index contributed by atoms with van der Waals surface area (Å²) >= 11 is 1.27. The molecule has 29 heavy (non-hydrogen) atoms. The van der Waals surface area contributed by atoms with Gasteiger partial charge in [-0.15, -0.1) is 11.3 Å². The Kier molecular flexibility index (Phi) is 4.83. The first-order valence-corrected chi connectivity index (χ1v) is 9.58. The van der Waals surface area contributed by atoms with E-state index in [2.05, 4.69) is 15.4 Å². The van der Waals surface area contributed by atoms with Crippen LogP contribution in [0.15, 0.2) is 60.1 Å². The van der Waals surface area contributed by atoms with Crippen LogP contribution >= 0.6 is 11.3 Å². The van der Waals surface area contributed by atoms with Crippen molar-refractivity contribution in [1.82, 2.24) is 19.9 Å². The smallest absolute Gasteiger partial charge is 0.345 e. The molecule has 0 aliphatic carbocycles. The van der Waals surface area contributed by atoms with E-state index in [9.17, 15) is 18.0 Å². The molecule has 1 aromatic carbocycles. The molecular weight excluding hydrogens is 401 g/mol. The fourth-order valence-electron chi connectivity index (χ4n) is 2.97. The molecule has 0 saturated heterocycles. The first-order valence-electron chi connectivity index (χ1n) is 8.70. The minimum Gasteiger partial charge on any atom is -0.345 e. The number of halogens is 3. The van der Waals surface area contributed by atoms with Gasteiger partial charge in [-0.05, 0) is 30.0 Å². The molecule has 5 nitrogen and oxygen atoms in total. The van der Waals surface area contributed by atoms with Crippen molar-refractivity contribution in [3.05, 3.63) is 76.9 Å². The van der Waals surface area contributed by atoms with Gasteiger partial charge in [0.25, 0.3) is 5.91 Å². The lowest BCUT2D eigenvalue weighted by Crippen LogP contribution is -2.26. The van der Waals surface area contributed by atoms with Gasteiger partial charge in [-0.3, -0.25) is 4.79 Å². The van der Waals surface area contributed by atoms with E-state index in [0.29, 0.717) is 9.39 Å². The van der Waals surface area contributed by atoms with Crippen molar-refractivity contribution in [2.45, 2.75) is 19.1 Å². The summed E-state index contributed by atoms with van der Waals surface area (Å²) in [5.74, 6) is -0.541. The fraction of sp³-hybridized carbons (Fsp3) is 0.150. The second kappa shape index (κ2) is 7.32. The predicted molar refractivity (Wildman–Crippen MR) is 104 cm³/mol. The van der Waals surface area contributed by atoms with Crippen LogP contribution in [-0.2, 0) is 6.18 Å². The van der Waals surface area contributed by atoms with Crippen molar-refractivity contribution in [2.24, 2.45) is 0 Å². The molecule has 0 saturated carbocycles. The van der Waals surface area contributed by atoms with Gasteiger partial charge in [0, 0.05) is 0 Å². The van der Waals surface area contributed by atoms with Gasteiger partial charge in [0.2, 0.25) is 0 Å². The SMILES string of the molecule is C[C@@H](NC(=O)c1cnn2c(C(F)(F)F)cc(-c3cccs3)nc12)c1ccccc1. The van der Waals surface area contributed by atoms with E-state index in [4.69, 9.17) is 0 Å². The summed E-state index contributed by atoms with van der Waals surface area (Å²) < 4.78 is 41.5. The largest absolute Gasteiger partial charge is 0.433 e. The average molecular weight is 416 g/mol. The number of carbonyl (C=O) groups excluding carboxylic acids is 1. The molecule has 3 aromatic heterocycles. The maximum atomic E-state index is 13.6. The third-order valence-electron chi connectivity index (χ3n) is 4.43. The Morgan fingerprint density at radius 1 is 1.17 bits per heavy atom. The molecule has 0 spiro atoms. The molecule has 1 N–H and O–H groups in total. The van der Waals surface area contributed by atoms with Crippen LogP contribution in [0.4, 0.5) is 13.2 Å². The number of nitrogens with zero attached hydrogens (tertiary/aromatic N) is 3. The highest BCUT2D eigenvalue weighted by molar-refractivity contribution is 7.13. The molecule has 0 radical (unpaired) electrons. The van der Waals surface area contributed by atoms with Crippen LogP contribution < -0.4 is 5.32 Å². The molecule has 4 aromatic rings. The summed E-state index contributed by atoms with van der Waals surface area (Å²) in [6.07, 6.45) is -3.53. The van der Waals surface area contributed by atoms with Crippen LogP contribution in [-0.4, -0.2) is 20.5 Å². The number of rotatable bonds is 4. The number of thiophene rings is 1. The second-order valence-corrected chi connectivity index (χ2v) is 7.35. The Bertz CT molecular complexity index is 1150. The van der Waals surface area contributed by atoms with Crippen molar-refractivity contribution in [1.29, 1.82) is 0 Å². The van der Waals surface area contributed by atoms with E-state index in [1.165, 1.54) is 11.3 Å². The molecule has 0 fully saturated rings. The summed E-state index contributed by atoms with van der Waals surface area (Å²) in [5.41, 5.74) is -0.121. The monoisotopic (exact) mass is 416 g/mol. The number of hydrogen-bond donors (Lipinski definition) is 1. The van der Waals surface area contributed by atoms with Gasteiger partial charge in [-0.2, -0.15) is 18.3 Å². The molecule has 4 rings (SSSR count). The number of alkyl halides is 3. The molecule has 148 valence electrons.